The normalized spacial score (nSPS) is 23.2. The van der Waals surface area contributed by atoms with E-state index in [1.165, 1.54) is 17.1 Å². The van der Waals surface area contributed by atoms with Gasteiger partial charge in [-0.2, -0.15) is 0 Å². The summed E-state index contributed by atoms with van der Waals surface area (Å²) in [4.78, 5) is 12.5. The molecule has 2 unspecified atom stereocenters. The van der Waals surface area contributed by atoms with Crippen LogP contribution in [0.25, 0.3) is 0 Å². The minimum absolute atomic E-state index is 0.0313. The number of nitrogens with one attached hydrogen (secondary N) is 1. The molecular formula is C19H18ClNOS2. The van der Waals surface area contributed by atoms with Gasteiger partial charge in [0, 0.05) is 28.1 Å². The summed E-state index contributed by atoms with van der Waals surface area (Å²) >= 11 is 10.2. The van der Waals surface area contributed by atoms with E-state index in [9.17, 15) is 4.79 Å². The number of anilines is 1. The summed E-state index contributed by atoms with van der Waals surface area (Å²) in [6.45, 7) is 0. The largest absolute Gasteiger partial charge is 0.326 e. The van der Waals surface area contributed by atoms with Crippen LogP contribution in [0.5, 0.6) is 0 Å². The Hall–Kier alpha value is -1.10. The lowest BCUT2D eigenvalue weighted by molar-refractivity contribution is -0.117. The van der Waals surface area contributed by atoms with Crippen LogP contribution in [0.3, 0.4) is 0 Å². The van der Waals surface area contributed by atoms with Crippen molar-refractivity contribution in [3.8, 4) is 0 Å². The van der Waals surface area contributed by atoms with Gasteiger partial charge in [0.1, 0.15) is 0 Å². The van der Waals surface area contributed by atoms with Crippen LogP contribution in [-0.4, -0.2) is 17.4 Å². The Morgan fingerprint density at radius 1 is 1.08 bits per heavy atom. The minimum atomic E-state index is 0.0313. The van der Waals surface area contributed by atoms with Gasteiger partial charge in [-0.1, -0.05) is 41.9 Å². The van der Waals surface area contributed by atoms with Crippen molar-refractivity contribution in [2.45, 2.75) is 16.9 Å². The third kappa shape index (κ3) is 3.46. The molecule has 2 atom stereocenters. The maximum Gasteiger partial charge on any atom is 0.228 e. The zero-order valence-electron chi connectivity index (χ0n) is 13.1. The molecule has 24 heavy (non-hydrogen) atoms. The van der Waals surface area contributed by atoms with Crippen molar-refractivity contribution in [2.24, 2.45) is 5.92 Å². The average Bonchev–Trinajstić information content (AvgIpc) is 3.19. The van der Waals surface area contributed by atoms with Crippen LogP contribution < -0.4 is 5.32 Å². The Morgan fingerprint density at radius 2 is 1.88 bits per heavy atom. The van der Waals surface area contributed by atoms with E-state index in [1.807, 2.05) is 59.9 Å². The summed E-state index contributed by atoms with van der Waals surface area (Å²) < 4.78 is 0.499. The number of hydrogen-bond acceptors (Lipinski definition) is 3. The standard InChI is InChI=1S/C19H18ClNOS2/c20-17-7-2-1-6-14(17)15-11-16(15)18(22)21-13-5-3-4-12(10-13)19-23-8-9-24-19/h1-7,10,15-16,19H,8-9,11H2,(H,21,22). The number of carbonyl (C=O) groups is 1. The molecule has 1 heterocycles. The molecule has 0 bridgehead atoms. The molecule has 1 saturated heterocycles. The lowest BCUT2D eigenvalue weighted by atomic mass is 10.1. The number of benzene rings is 2. The van der Waals surface area contributed by atoms with E-state index in [1.54, 1.807) is 0 Å². The third-order valence-electron chi connectivity index (χ3n) is 4.48. The Morgan fingerprint density at radius 3 is 2.67 bits per heavy atom. The van der Waals surface area contributed by atoms with E-state index in [0.29, 0.717) is 4.58 Å². The lowest BCUT2D eigenvalue weighted by Crippen LogP contribution is -2.14. The maximum atomic E-state index is 12.5. The highest BCUT2D eigenvalue weighted by Crippen LogP contribution is 2.50. The molecule has 1 saturated carbocycles. The van der Waals surface area contributed by atoms with Crippen LogP contribution >= 0.6 is 35.1 Å². The van der Waals surface area contributed by atoms with Gasteiger partial charge in [0.15, 0.2) is 0 Å². The van der Waals surface area contributed by atoms with Crippen LogP contribution in [0.4, 0.5) is 5.69 Å². The minimum Gasteiger partial charge on any atom is -0.326 e. The highest BCUT2D eigenvalue weighted by molar-refractivity contribution is 8.19. The van der Waals surface area contributed by atoms with Gasteiger partial charge in [0.25, 0.3) is 0 Å². The number of hydrogen-bond donors (Lipinski definition) is 1. The molecule has 2 nitrogen and oxygen atoms in total. The number of thioether (sulfide) groups is 2. The van der Waals surface area contributed by atoms with Gasteiger partial charge in [-0.25, -0.2) is 0 Å². The molecule has 0 radical (unpaired) electrons. The SMILES string of the molecule is O=C(Nc1cccc(C2SCCS2)c1)C1CC1c1ccccc1Cl. The maximum absolute atomic E-state index is 12.5. The highest BCUT2D eigenvalue weighted by Gasteiger charge is 2.44. The summed E-state index contributed by atoms with van der Waals surface area (Å²) in [5, 5.41) is 3.85. The molecule has 1 aliphatic carbocycles. The second-order valence-corrected chi connectivity index (χ2v) is 9.29. The molecule has 1 aliphatic heterocycles. The molecule has 0 spiro atoms. The van der Waals surface area contributed by atoms with Crippen LogP contribution in [0, 0.1) is 5.92 Å². The molecule has 5 heteroatoms. The van der Waals surface area contributed by atoms with Crippen LogP contribution in [0.2, 0.25) is 5.02 Å². The number of halogens is 1. The zero-order valence-corrected chi connectivity index (χ0v) is 15.5. The fourth-order valence-electron chi connectivity index (χ4n) is 3.15. The Labute approximate surface area is 155 Å². The predicted octanol–water partition coefficient (Wildman–Crippen LogP) is 5.56. The molecule has 4 rings (SSSR count). The van der Waals surface area contributed by atoms with E-state index in [-0.39, 0.29) is 17.7 Å². The van der Waals surface area contributed by atoms with E-state index in [4.69, 9.17) is 11.6 Å². The van der Waals surface area contributed by atoms with E-state index in [2.05, 4.69) is 17.4 Å². The third-order valence-corrected chi connectivity index (χ3v) is 7.93. The van der Waals surface area contributed by atoms with Gasteiger partial charge in [-0.15, -0.1) is 23.5 Å². The van der Waals surface area contributed by atoms with Gasteiger partial charge >= 0.3 is 0 Å². The van der Waals surface area contributed by atoms with Crippen LogP contribution in [0.1, 0.15) is 28.0 Å². The van der Waals surface area contributed by atoms with Gasteiger partial charge < -0.3 is 5.32 Å². The zero-order chi connectivity index (χ0) is 16.5. The van der Waals surface area contributed by atoms with Crippen molar-refractivity contribution in [3.05, 3.63) is 64.7 Å². The molecule has 124 valence electrons. The number of rotatable bonds is 4. The highest BCUT2D eigenvalue weighted by atomic mass is 35.5. The molecule has 2 aromatic rings. The first-order valence-corrected chi connectivity index (χ1v) is 10.6. The molecule has 1 amide bonds. The fourth-order valence-corrected chi connectivity index (χ4v) is 6.27. The van der Waals surface area contributed by atoms with Crippen LogP contribution in [0.15, 0.2) is 48.5 Å². The van der Waals surface area contributed by atoms with E-state index >= 15 is 0 Å². The van der Waals surface area contributed by atoms with Gasteiger partial charge in [0.2, 0.25) is 5.91 Å². The second kappa shape index (κ2) is 7.03. The first-order valence-electron chi connectivity index (χ1n) is 8.11. The molecule has 2 aliphatic rings. The van der Waals surface area contributed by atoms with Crippen molar-refractivity contribution in [2.75, 3.05) is 16.8 Å². The first-order chi connectivity index (χ1) is 11.7. The predicted molar refractivity (Wildman–Crippen MR) is 105 cm³/mol. The Kier molecular flexibility index (Phi) is 4.79. The summed E-state index contributed by atoms with van der Waals surface area (Å²) in [7, 11) is 0. The van der Waals surface area contributed by atoms with Crippen molar-refractivity contribution in [3.63, 3.8) is 0 Å². The molecule has 2 fully saturated rings. The van der Waals surface area contributed by atoms with Gasteiger partial charge in [-0.05, 0) is 41.7 Å². The summed E-state index contributed by atoms with van der Waals surface area (Å²) in [6, 6.07) is 16.1. The molecular weight excluding hydrogens is 358 g/mol. The molecule has 0 aromatic heterocycles. The van der Waals surface area contributed by atoms with E-state index < -0.39 is 0 Å². The van der Waals surface area contributed by atoms with Crippen LogP contribution in [-0.2, 0) is 4.79 Å². The van der Waals surface area contributed by atoms with Crippen molar-refractivity contribution in [1.82, 2.24) is 0 Å². The van der Waals surface area contributed by atoms with E-state index in [0.717, 1.165) is 22.7 Å². The molecule has 2 aromatic carbocycles. The fraction of sp³-hybridized carbons (Fsp3) is 0.316. The second-order valence-electron chi connectivity index (χ2n) is 6.16. The average molecular weight is 376 g/mol. The number of carbonyl (C=O) groups excluding carboxylic acids is 1. The summed E-state index contributed by atoms with van der Waals surface area (Å²) in [5.74, 6) is 2.79. The number of amides is 1. The van der Waals surface area contributed by atoms with Gasteiger partial charge in [-0.3, -0.25) is 4.79 Å². The monoisotopic (exact) mass is 375 g/mol. The first kappa shape index (κ1) is 16.4. The van der Waals surface area contributed by atoms with Crippen molar-refractivity contribution in [1.29, 1.82) is 0 Å². The van der Waals surface area contributed by atoms with Crippen molar-refractivity contribution >= 4 is 46.7 Å². The Balaban J connectivity index is 1.42. The summed E-state index contributed by atoms with van der Waals surface area (Å²) in [6.07, 6.45) is 0.879. The topological polar surface area (TPSA) is 29.1 Å². The smallest absolute Gasteiger partial charge is 0.228 e. The summed E-state index contributed by atoms with van der Waals surface area (Å²) in [5.41, 5.74) is 3.28. The van der Waals surface area contributed by atoms with Gasteiger partial charge in [0.05, 0.1) is 4.58 Å². The van der Waals surface area contributed by atoms with Crippen molar-refractivity contribution < 1.29 is 4.79 Å². The lowest BCUT2D eigenvalue weighted by Gasteiger charge is -2.11. The quantitative estimate of drug-likeness (QED) is 0.758. The molecule has 1 N–H and O–H groups in total. The Bertz CT molecular complexity index is 761.